The minimum Gasteiger partial charge on any atom is -0.477 e. The molecular weight excluding hydrogens is 242 g/mol. The van der Waals surface area contributed by atoms with Crippen molar-refractivity contribution >= 4 is 11.8 Å². The number of aromatic nitrogens is 1. The summed E-state index contributed by atoms with van der Waals surface area (Å²) in [5.41, 5.74) is 0.721. The largest absolute Gasteiger partial charge is 0.477 e. The highest BCUT2D eigenvalue weighted by molar-refractivity contribution is 5.98. The average molecular weight is 261 g/mol. The minimum atomic E-state index is -0.985. The first-order chi connectivity index (χ1) is 9.04. The molecule has 3 unspecified atom stereocenters. The van der Waals surface area contributed by atoms with Crippen molar-refractivity contribution in [2.24, 2.45) is 24.8 Å². The Morgan fingerprint density at radius 2 is 2.16 bits per heavy atom. The number of hydrogen-bond donors (Lipinski definition) is 1. The van der Waals surface area contributed by atoms with Gasteiger partial charge in [-0.25, -0.2) is 4.79 Å². The van der Waals surface area contributed by atoms with Gasteiger partial charge in [0.2, 0.25) is 0 Å². The molecule has 2 aliphatic rings. The molecule has 3 rings (SSSR count). The summed E-state index contributed by atoms with van der Waals surface area (Å²) in [6.45, 7) is 0. The molecular formula is C15H19NO3. The molecule has 0 amide bonds. The molecule has 1 aromatic heterocycles. The Kier molecular flexibility index (Phi) is 2.96. The van der Waals surface area contributed by atoms with Gasteiger partial charge in [-0.1, -0.05) is 6.42 Å². The summed E-state index contributed by atoms with van der Waals surface area (Å²) in [7, 11) is 1.66. The zero-order valence-corrected chi connectivity index (χ0v) is 11.1. The number of Topliss-reactive ketones (excluding diaryl/α,β-unsaturated/α-hetero) is 1. The molecule has 19 heavy (non-hydrogen) atoms. The molecule has 0 aromatic carbocycles. The Morgan fingerprint density at radius 1 is 1.37 bits per heavy atom. The number of carboxylic acids is 1. The Balaban J connectivity index is 1.70. The molecule has 2 fully saturated rings. The number of aromatic carboxylic acids is 1. The highest BCUT2D eigenvalue weighted by Crippen LogP contribution is 2.49. The van der Waals surface area contributed by atoms with Crippen LogP contribution in [0.3, 0.4) is 0 Å². The molecule has 2 aliphatic carbocycles. The van der Waals surface area contributed by atoms with E-state index in [4.69, 9.17) is 5.11 Å². The third-order valence-electron chi connectivity index (χ3n) is 4.88. The molecule has 0 radical (unpaired) electrons. The van der Waals surface area contributed by atoms with E-state index in [0.717, 1.165) is 11.8 Å². The van der Waals surface area contributed by atoms with Crippen LogP contribution in [-0.4, -0.2) is 21.4 Å². The number of ketones is 1. The van der Waals surface area contributed by atoms with Crippen LogP contribution in [0.4, 0.5) is 0 Å². The predicted molar refractivity (Wildman–Crippen MR) is 70.3 cm³/mol. The molecule has 1 heterocycles. The van der Waals surface area contributed by atoms with E-state index in [2.05, 4.69) is 0 Å². The Morgan fingerprint density at radius 3 is 2.68 bits per heavy atom. The maximum atomic E-state index is 12.3. The monoisotopic (exact) mass is 261 g/mol. The van der Waals surface area contributed by atoms with Crippen molar-refractivity contribution < 1.29 is 14.7 Å². The van der Waals surface area contributed by atoms with Gasteiger partial charge in [0.1, 0.15) is 5.69 Å². The Labute approximate surface area is 112 Å². The SMILES string of the molecule is Cn1cc(C(=O)CC2CC3CCC2C3)cc1C(=O)O. The average Bonchev–Trinajstić information content (AvgIpc) is 3.02. The van der Waals surface area contributed by atoms with E-state index in [1.165, 1.54) is 36.3 Å². The maximum Gasteiger partial charge on any atom is 0.352 e. The summed E-state index contributed by atoms with van der Waals surface area (Å²) >= 11 is 0. The molecule has 1 N–H and O–H groups in total. The fraction of sp³-hybridized carbons (Fsp3) is 0.600. The highest BCUT2D eigenvalue weighted by Gasteiger charge is 2.40. The van der Waals surface area contributed by atoms with Crippen LogP contribution in [0.2, 0.25) is 0 Å². The van der Waals surface area contributed by atoms with Crippen LogP contribution in [-0.2, 0) is 7.05 Å². The highest BCUT2D eigenvalue weighted by atomic mass is 16.4. The van der Waals surface area contributed by atoms with E-state index in [-0.39, 0.29) is 11.5 Å². The van der Waals surface area contributed by atoms with Crippen molar-refractivity contribution in [2.75, 3.05) is 0 Å². The van der Waals surface area contributed by atoms with Crippen molar-refractivity contribution in [3.8, 4) is 0 Å². The fourth-order valence-corrected chi connectivity index (χ4v) is 3.91. The quantitative estimate of drug-likeness (QED) is 0.848. The van der Waals surface area contributed by atoms with E-state index in [0.29, 0.717) is 17.9 Å². The zero-order valence-electron chi connectivity index (χ0n) is 11.1. The van der Waals surface area contributed by atoms with Crippen LogP contribution >= 0.6 is 0 Å². The molecule has 0 aliphatic heterocycles. The lowest BCUT2D eigenvalue weighted by molar-refractivity contribution is 0.0686. The predicted octanol–water partition coefficient (Wildman–Crippen LogP) is 2.73. The van der Waals surface area contributed by atoms with Crippen molar-refractivity contribution in [1.29, 1.82) is 0 Å². The number of carbonyl (C=O) groups excluding carboxylic acids is 1. The summed E-state index contributed by atoms with van der Waals surface area (Å²) in [6, 6.07) is 1.50. The van der Waals surface area contributed by atoms with Gasteiger partial charge in [0.25, 0.3) is 0 Å². The molecule has 1 aromatic rings. The van der Waals surface area contributed by atoms with Crippen molar-refractivity contribution in [2.45, 2.75) is 32.1 Å². The molecule has 4 heteroatoms. The van der Waals surface area contributed by atoms with Gasteiger partial charge >= 0.3 is 5.97 Å². The van der Waals surface area contributed by atoms with Gasteiger partial charge in [-0.15, -0.1) is 0 Å². The number of hydrogen-bond acceptors (Lipinski definition) is 2. The van der Waals surface area contributed by atoms with E-state index < -0.39 is 5.97 Å². The number of aryl methyl sites for hydroxylation is 1. The van der Waals surface area contributed by atoms with Gasteiger partial charge in [-0.3, -0.25) is 4.79 Å². The third kappa shape index (κ3) is 2.20. The van der Waals surface area contributed by atoms with Crippen LogP contribution in [0.25, 0.3) is 0 Å². The second-order valence-corrected chi connectivity index (χ2v) is 6.09. The second kappa shape index (κ2) is 4.51. The number of rotatable bonds is 4. The van der Waals surface area contributed by atoms with Gasteiger partial charge < -0.3 is 9.67 Å². The van der Waals surface area contributed by atoms with E-state index in [1.54, 1.807) is 13.2 Å². The first kappa shape index (κ1) is 12.5. The third-order valence-corrected chi connectivity index (χ3v) is 4.88. The first-order valence-electron chi connectivity index (χ1n) is 6.97. The first-order valence-corrected chi connectivity index (χ1v) is 6.97. The summed E-state index contributed by atoms with van der Waals surface area (Å²) in [4.78, 5) is 23.2. The van der Waals surface area contributed by atoms with Gasteiger partial charge in [-0.2, -0.15) is 0 Å². The number of carbonyl (C=O) groups is 2. The normalized spacial score (nSPS) is 28.8. The summed E-state index contributed by atoms with van der Waals surface area (Å²) in [5.74, 6) is 1.21. The van der Waals surface area contributed by atoms with E-state index in [9.17, 15) is 9.59 Å². The van der Waals surface area contributed by atoms with Gasteiger partial charge in [0, 0.05) is 25.2 Å². The van der Waals surface area contributed by atoms with E-state index >= 15 is 0 Å². The van der Waals surface area contributed by atoms with Gasteiger partial charge in [-0.05, 0) is 43.1 Å². The van der Waals surface area contributed by atoms with Crippen LogP contribution in [0, 0.1) is 17.8 Å². The van der Waals surface area contributed by atoms with Crippen LogP contribution in [0.1, 0.15) is 53.0 Å². The van der Waals surface area contributed by atoms with Crippen molar-refractivity contribution in [3.05, 3.63) is 23.5 Å². The van der Waals surface area contributed by atoms with Crippen LogP contribution < -0.4 is 0 Å². The molecule has 2 bridgehead atoms. The number of nitrogens with zero attached hydrogens (tertiary/aromatic N) is 1. The Hall–Kier alpha value is -1.58. The zero-order chi connectivity index (χ0) is 13.6. The minimum absolute atomic E-state index is 0.0978. The van der Waals surface area contributed by atoms with E-state index in [1.807, 2.05) is 0 Å². The van der Waals surface area contributed by atoms with Crippen molar-refractivity contribution in [3.63, 3.8) is 0 Å². The summed E-state index contributed by atoms with van der Waals surface area (Å²) < 4.78 is 1.51. The summed E-state index contributed by atoms with van der Waals surface area (Å²) in [5, 5.41) is 9.00. The lowest BCUT2D eigenvalue weighted by Gasteiger charge is -2.20. The smallest absolute Gasteiger partial charge is 0.352 e. The van der Waals surface area contributed by atoms with Gasteiger partial charge in [0.15, 0.2) is 5.78 Å². The van der Waals surface area contributed by atoms with Crippen LogP contribution in [0.5, 0.6) is 0 Å². The molecule has 0 saturated heterocycles. The molecule has 2 saturated carbocycles. The topological polar surface area (TPSA) is 59.3 Å². The van der Waals surface area contributed by atoms with Crippen molar-refractivity contribution in [1.82, 2.24) is 4.57 Å². The molecule has 4 nitrogen and oxygen atoms in total. The molecule has 102 valence electrons. The lowest BCUT2D eigenvalue weighted by atomic mass is 9.84. The maximum absolute atomic E-state index is 12.3. The standard InChI is InChI=1S/C15H19NO3/c1-16-8-12(6-13(16)15(18)19)14(17)7-11-5-9-2-3-10(11)4-9/h6,8-11H,2-5,7H2,1H3,(H,18,19). The van der Waals surface area contributed by atoms with Crippen LogP contribution in [0.15, 0.2) is 12.3 Å². The summed E-state index contributed by atoms with van der Waals surface area (Å²) in [6.07, 6.45) is 7.33. The fourth-order valence-electron chi connectivity index (χ4n) is 3.91. The lowest BCUT2D eigenvalue weighted by Crippen LogP contribution is -2.15. The number of fused-ring (bicyclic) bond motifs is 2. The molecule has 0 spiro atoms. The number of carboxylic acid groups (broad SMARTS) is 1. The van der Waals surface area contributed by atoms with Gasteiger partial charge in [0.05, 0.1) is 0 Å². The molecule has 3 atom stereocenters. The Bertz CT molecular complexity index is 531. The second-order valence-electron chi connectivity index (χ2n) is 6.09.